The largest absolute Gasteiger partial charge is 0.325 e. The van der Waals surface area contributed by atoms with E-state index in [1.807, 2.05) is 31.2 Å². The van der Waals surface area contributed by atoms with Crippen LogP contribution in [0.3, 0.4) is 0 Å². The zero-order valence-corrected chi connectivity index (χ0v) is 12.5. The molecule has 0 fully saturated rings. The summed E-state index contributed by atoms with van der Waals surface area (Å²) in [4.78, 5) is 12.8. The second kappa shape index (κ2) is 7.24. The van der Waals surface area contributed by atoms with Gasteiger partial charge in [0, 0.05) is 16.6 Å². The van der Waals surface area contributed by atoms with Gasteiger partial charge in [-0.15, -0.1) is 11.8 Å². The summed E-state index contributed by atoms with van der Waals surface area (Å²) >= 11 is 1.43. The van der Waals surface area contributed by atoms with E-state index in [4.69, 9.17) is 5.73 Å². The number of rotatable bonds is 5. The highest BCUT2D eigenvalue weighted by Gasteiger charge is 2.05. The second-order valence-corrected chi connectivity index (χ2v) is 5.75. The molecule has 2 aromatic carbocycles. The number of nitrogens with two attached hydrogens (primary N) is 1. The lowest BCUT2D eigenvalue weighted by Crippen LogP contribution is -2.14. The fourth-order valence-electron chi connectivity index (χ4n) is 1.78. The first-order valence-corrected chi connectivity index (χ1v) is 7.57. The molecule has 3 N–H and O–H groups in total. The van der Waals surface area contributed by atoms with Gasteiger partial charge in [0.25, 0.3) is 0 Å². The number of halogens is 1. The predicted molar refractivity (Wildman–Crippen MR) is 84.8 cm³/mol. The lowest BCUT2D eigenvalue weighted by atomic mass is 10.1. The van der Waals surface area contributed by atoms with Crippen LogP contribution in [0.2, 0.25) is 0 Å². The summed E-state index contributed by atoms with van der Waals surface area (Å²) < 4.78 is 13.0. The number of benzene rings is 2. The van der Waals surface area contributed by atoms with Gasteiger partial charge in [0.2, 0.25) is 5.91 Å². The number of nitrogens with one attached hydrogen (secondary N) is 1. The van der Waals surface area contributed by atoms with Crippen LogP contribution in [0, 0.1) is 5.82 Å². The molecule has 1 amide bonds. The van der Waals surface area contributed by atoms with E-state index in [-0.39, 0.29) is 23.5 Å². The van der Waals surface area contributed by atoms with Crippen molar-refractivity contribution in [3.05, 3.63) is 59.9 Å². The number of thioether (sulfide) groups is 1. The number of amides is 1. The Bertz CT molecular complexity index is 614. The van der Waals surface area contributed by atoms with Crippen molar-refractivity contribution >= 4 is 23.4 Å². The third-order valence-corrected chi connectivity index (χ3v) is 3.90. The maximum atomic E-state index is 13.0. The van der Waals surface area contributed by atoms with Gasteiger partial charge in [-0.25, -0.2) is 4.39 Å². The molecule has 0 saturated heterocycles. The predicted octanol–water partition coefficient (Wildman–Crippen LogP) is 3.58. The molecule has 0 aromatic heterocycles. The molecule has 0 bridgehead atoms. The minimum atomic E-state index is -0.369. The molecule has 2 aromatic rings. The highest BCUT2D eigenvalue weighted by atomic mass is 32.2. The van der Waals surface area contributed by atoms with E-state index < -0.39 is 0 Å². The summed E-state index contributed by atoms with van der Waals surface area (Å²) in [6.45, 7) is 1.93. The van der Waals surface area contributed by atoms with Gasteiger partial charge in [0.1, 0.15) is 5.82 Å². The SMILES string of the molecule is CC(N)c1ccc(SCC(=O)Nc2cccc(F)c2)cc1. The average molecular weight is 304 g/mol. The molecule has 0 radical (unpaired) electrons. The molecule has 0 spiro atoms. The van der Waals surface area contributed by atoms with E-state index in [1.54, 1.807) is 12.1 Å². The summed E-state index contributed by atoms with van der Waals surface area (Å²) in [6.07, 6.45) is 0. The number of anilines is 1. The third-order valence-electron chi connectivity index (χ3n) is 2.88. The minimum absolute atomic E-state index is 0.000302. The molecule has 0 saturated carbocycles. The average Bonchev–Trinajstić information content (AvgIpc) is 2.45. The van der Waals surface area contributed by atoms with E-state index in [2.05, 4.69) is 5.32 Å². The van der Waals surface area contributed by atoms with Crippen molar-refractivity contribution in [1.82, 2.24) is 0 Å². The number of hydrogen-bond acceptors (Lipinski definition) is 3. The van der Waals surface area contributed by atoms with E-state index >= 15 is 0 Å². The topological polar surface area (TPSA) is 55.1 Å². The molecule has 0 aliphatic rings. The monoisotopic (exact) mass is 304 g/mol. The first kappa shape index (κ1) is 15.5. The Morgan fingerprint density at radius 2 is 2.00 bits per heavy atom. The van der Waals surface area contributed by atoms with E-state index in [0.717, 1.165) is 10.5 Å². The van der Waals surface area contributed by atoms with Crippen LogP contribution in [0.4, 0.5) is 10.1 Å². The first-order chi connectivity index (χ1) is 10.0. The van der Waals surface area contributed by atoms with E-state index in [0.29, 0.717) is 5.69 Å². The molecular formula is C16H17FN2OS. The highest BCUT2D eigenvalue weighted by molar-refractivity contribution is 8.00. The van der Waals surface area contributed by atoms with Gasteiger partial charge >= 0.3 is 0 Å². The summed E-state index contributed by atoms with van der Waals surface area (Å²) in [6, 6.07) is 13.6. The third kappa shape index (κ3) is 4.88. The van der Waals surface area contributed by atoms with E-state index in [9.17, 15) is 9.18 Å². The molecule has 1 unspecified atom stereocenters. The number of hydrogen-bond donors (Lipinski definition) is 2. The van der Waals surface area contributed by atoms with Gasteiger partial charge in [-0.1, -0.05) is 18.2 Å². The van der Waals surface area contributed by atoms with Crippen LogP contribution < -0.4 is 11.1 Å². The lowest BCUT2D eigenvalue weighted by Gasteiger charge is -2.07. The van der Waals surface area contributed by atoms with Gasteiger partial charge in [0.05, 0.1) is 5.75 Å². The van der Waals surface area contributed by atoms with Crippen molar-refractivity contribution in [2.75, 3.05) is 11.1 Å². The molecular weight excluding hydrogens is 287 g/mol. The molecule has 0 heterocycles. The summed E-state index contributed by atoms with van der Waals surface area (Å²) in [7, 11) is 0. The highest BCUT2D eigenvalue weighted by Crippen LogP contribution is 2.20. The zero-order chi connectivity index (χ0) is 15.2. The first-order valence-electron chi connectivity index (χ1n) is 6.58. The van der Waals surface area contributed by atoms with Crippen molar-refractivity contribution in [2.45, 2.75) is 17.9 Å². The molecule has 1 atom stereocenters. The molecule has 5 heteroatoms. The Morgan fingerprint density at radius 3 is 2.62 bits per heavy atom. The van der Waals surface area contributed by atoms with Gasteiger partial charge in [-0.3, -0.25) is 4.79 Å². The zero-order valence-electron chi connectivity index (χ0n) is 11.7. The molecule has 2 rings (SSSR count). The fourth-order valence-corrected chi connectivity index (χ4v) is 2.48. The normalized spacial score (nSPS) is 12.0. The maximum Gasteiger partial charge on any atom is 0.234 e. The molecule has 0 aliphatic heterocycles. The Kier molecular flexibility index (Phi) is 5.36. The molecule has 21 heavy (non-hydrogen) atoms. The Balaban J connectivity index is 1.86. The summed E-state index contributed by atoms with van der Waals surface area (Å²) in [5, 5.41) is 2.66. The van der Waals surface area contributed by atoms with Gasteiger partial charge in [0.15, 0.2) is 0 Å². The van der Waals surface area contributed by atoms with Crippen molar-refractivity contribution in [3.8, 4) is 0 Å². The summed E-state index contributed by atoms with van der Waals surface area (Å²) in [5.74, 6) is -0.262. The Labute approximate surface area is 127 Å². The fraction of sp³-hybridized carbons (Fsp3) is 0.188. The van der Waals surface area contributed by atoms with Crippen LogP contribution in [-0.4, -0.2) is 11.7 Å². The van der Waals surface area contributed by atoms with Gasteiger partial charge in [-0.05, 0) is 42.8 Å². The molecule has 110 valence electrons. The van der Waals surface area contributed by atoms with Crippen LogP contribution in [0.15, 0.2) is 53.4 Å². The van der Waals surface area contributed by atoms with Gasteiger partial charge in [-0.2, -0.15) is 0 Å². The quantitative estimate of drug-likeness (QED) is 0.830. The molecule has 3 nitrogen and oxygen atoms in total. The minimum Gasteiger partial charge on any atom is -0.325 e. The van der Waals surface area contributed by atoms with Crippen LogP contribution in [-0.2, 0) is 4.79 Å². The molecule has 0 aliphatic carbocycles. The van der Waals surface area contributed by atoms with Crippen molar-refractivity contribution < 1.29 is 9.18 Å². The van der Waals surface area contributed by atoms with Crippen LogP contribution >= 0.6 is 11.8 Å². The smallest absolute Gasteiger partial charge is 0.234 e. The van der Waals surface area contributed by atoms with Crippen LogP contribution in [0.5, 0.6) is 0 Å². The van der Waals surface area contributed by atoms with Crippen LogP contribution in [0.25, 0.3) is 0 Å². The number of carbonyl (C=O) groups is 1. The van der Waals surface area contributed by atoms with Crippen molar-refractivity contribution in [2.24, 2.45) is 5.73 Å². The van der Waals surface area contributed by atoms with Crippen molar-refractivity contribution in [3.63, 3.8) is 0 Å². The standard InChI is InChI=1S/C16H17FN2OS/c1-11(18)12-5-7-15(8-6-12)21-10-16(20)19-14-4-2-3-13(17)9-14/h2-9,11H,10,18H2,1H3,(H,19,20). The second-order valence-electron chi connectivity index (χ2n) is 4.70. The lowest BCUT2D eigenvalue weighted by molar-refractivity contribution is -0.113. The Morgan fingerprint density at radius 1 is 1.29 bits per heavy atom. The van der Waals surface area contributed by atoms with E-state index in [1.165, 1.54) is 23.9 Å². The van der Waals surface area contributed by atoms with Crippen molar-refractivity contribution in [1.29, 1.82) is 0 Å². The van der Waals surface area contributed by atoms with Crippen LogP contribution in [0.1, 0.15) is 18.5 Å². The summed E-state index contributed by atoms with van der Waals surface area (Å²) in [5.41, 5.74) is 7.31. The van der Waals surface area contributed by atoms with Gasteiger partial charge < -0.3 is 11.1 Å². The Hall–Kier alpha value is -1.85. The number of carbonyl (C=O) groups excluding carboxylic acids is 1. The maximum absolute atomic E-state index is 13.0.